The van der Waals surface area contributed by atoms with Crippen molar-refractivity contribution in [2.45, 2.75) is 18.8 Å². The highest BCUT2D eigenvalue weighted by molar-refractivity contribution is 6.21. The molecule has 2 aromatic rings. The fourth-order valence-electron chi connectivity index (χ4n) is 2.82. The van der Waals surface area contributed by atoms with Gasteiger partial charge in [-0.15, -0.1) is 0 Å². The van der Waals surface area contributed by atoms with E-state index < -0.39 is 16.6 Å². The second-order valence-electron chi connectivity index (χ2n) is 5.17. The number of carbonyl (C=O) groups is 2. The van der Waals surface area contributed by atoms with Gasteiger partial charge in [-0.05, 0) is 30.2 Å². The van der Waals surface area contributed by atoms with Crippen LogP contribution in [0.25, 0.3) is 10.9 Å². The Labute approximate surface area is 129 Å². The summed E-state index contributed by atoms with van der Waals surface area (Å²) in [6, 6.07) is 5.67. The van der Waals surface area contributed by atoms with Crippen LogP contribution in [-0.4, -0.2) is 27.4 Å². The molecule has 1 aliphatic carbocycles. The lowest BCUT2D eigenvalue weighted by Crippen LogP contribution is -2.29. The van der Waals surface area contributed by atoms with Crippen LogP contribution in [0, 0.1) is 10.1 Å². The Morgan fingerprint density at radius 2 is 2.00 bits per heavy atom. The average Bonchev–Trinajstić information content (AvgIpc) is 2.55. The van der Waals surface area contributed by atoms with Gasteiger partial charge in [-0.2, -0.15) is 0 Å². The first-order chi connectivity index (χ1) is 11.0. The Morgan fingerprint density at radius 1 is 1.22 bits per heavy atom. The van der Waals surface area contributed by atoms with Crippen molar-refractivity contribution < 1.29 is 19.3 Å². The summed E-state index contributed by atoms with van der Waals surface area (Å²) in [5.74, 6) is -0.491. The molecule has 1 fully saturated rings. The molecule has 0 aliphatic heterocycles. The van der Waals surface area contributed by atoms with Crippen LogP contribution in [0.3, 0.4) is 0 Å². The maximum absolute atomic E-state index is 12.3. The van der Waals surface area contributed by atoms with E-state index in [0.717, 1.165) is 0 Å². The van der Waals surface area contributed by atoms with Crippen LogP contribution in [0.4, 0.5) is 5.69 Å². The largest absolute Gasteiger partial charge is 0.298 e. The third-order valence-corrected chi connectivity index (χ3v) is 3.91. The number of benzene rings is 1. The zero-order chi connectivity index (χ0) is 16.6. The zero-order valence-corrected chi connectivity index (χ0v) is 11.8. The molecule has 1 unspecified atom stereocenters. The lowest BCUT2D eigenvalue weighted by molar-refractivity contribution is -0.383. The SMILES string of the molecule is O=C=C1CCC(=O)C(c2ccc([N+](=O)[O-])c3cccnc23)C1=O. The van der Waals surface area contributed by atoms with Crippen molar-refractivity contribution >= 4 is 34.1 Å². The number of aromatic nitrogens is 1. The minimum Gasteiger partial charge on any atom is -0.298 e. The number of fused-ring (bicyclic) bond motifs is 1. The third-order valence-electron chi connectivity index (χ3n) is 3.91. The molecule has 0 N–H and O–H groups in total. The molecule has 1 heterocycles. The number of Topliss-reactive ketones (excluding diaryl/α,β-unsaturated/α-hetero) is 2. The predicted molar refractivity (Wildman–Crippen MR) is 79.6 cm³/mol. The van der Waals surface area contributed by atoms with Gasteiger partial charge in [0.2, 0.25) is 0 Å². The summed E-state index contributed by atoms with van der Waals surface area (Å²) in [6.07, 6.45) is 1.58. The number of hydrogen-bond acceptors (Lipinski definition) is 6. The van der Waals surface area contributed by atoms with Crippen molar-refractivity contribution in [2.75, 3.05) is 0 Å². The van der Waals surface area contributed by atoms with Crippen molar-refractivity contribution in [1.82, 2.24) is 4.98 Å². The Morgan fingerprint density at radius 3 is 2.70 bits per heavy atom. The molecule has 7 heteroatoms. The number of carbonyl (C=O) groups excluding carboxylic acids is 3. The first-order valence-corrected chi connectivity index (χ1v) is 6.87. The van der Waals surface area contributed by atoms with Gasteiger partial charge in [-0.3, -0.25) is 24.7 Å². The highest BCUT2D eigenvalue weighted by Crippen LogP contribution is 2.35. The maximum atomic E-state index is 12.3. The first kappa shape index (κ1) is 14.7. The number of nitrogens with zero attached hydrogens (tertiary/aromatic N) is 2. The number of nitro benzene ring substituents is 1. The molecule has 3 rings (SSSR count). The highest BCUT2D eigenvalue weighted by atomic mass is 16.6. The second-order valence-corrected chi connectivity index (χ2v) is 5.17. The van der Waals surface area contributed by atoms with E-state index in [-0.39, 0.29) is 46.4 Å². The smallest absolute Gasteiger partial charge is 0.278 e. The molecule has 0 saturated heterocycles. The van der Waals surface area contributed by atoms with E-state index in [1.54, 1.807) is 12.0 Å². The van der Waals surface area contributed by atoms with E-state index in [9.17, 15) is 24.5 Å². The van der Waals surface area contributed by atoms with Crippen LogP contribution in [-0.2, 0) is 14.4 Å². The van der Waals surface area contributed by atoms with Crippen molar-refractivity contribution in [2.24, 2.45) is 0 Å². The summed E-state index contributed by atoms with van der Waals surface area (Å²) in [4.78, 5) is 50.1. The molecule has 1 aromatic carbocycles. The molecular weight excluding hydrogens is 300 g/mol. The maximum Gasteiger partial charge on any atom is 0.278 e. The summed E-state index contributed by atoms with van der Waals surface area (Å²) < 4.78 is 0. The summed E-state index contributed by atoms with van der Waals surface area (Å²) >= 11 is 0. The van der Waals surface area contributed by atoms with Gasteiger partial charge in [0.05, 0.1) is 21.4 Å². The lowest BCUT2D eigenvalue weighted by Gasteiger charge is -2.21. The fourth-order valence-corrected chi connectivity index (χ4v) is 2.82. The molecular formula is C16H10N2O5. The van der Waals surface area contributed by atoms with E-state index in [4.69, 9.17) is 0 Å². The minimum absolute atomic E-state index is 0.0583. The van der Waals surface area contributed by atoms with E-state index >= 15 is 0 Å². The molecule has 1 aliphatic rings. The van der Waals surface area contributed by atoms with Crippen molar-refractivity contribution in [3.05, 3.63) is 51.7 Å². The number of rotatable bonds is 2. The molecule has 0 spiro atoms. The fraction of sp³-hybridized carbons (Fsp3) is 0.188. The Bertz CT molecular complexity index is 912. The lowest BCUT2D eigenvalue weighted by atomic mass is 9.78. The number of pyridine rings is 1. The average molecular weight is 310 g/mol. The van der Waals surface area contributed by atoms with E-state index in [1.807, 2.05) is 0 Å². The van der Waals surface area contributed by atoms with E-state index in [2.05, 4.69) is 4.98 Å². The molecule has 7 nitrogen and oxygen atoms in total. The number of allylic oxidation sites excluding steroid dienone is 1. The number of non-ortho nitro benzene ring substituents is 1. The predicted octanol–water partition coefficient (Wildman–Crippen LogP) is 1.92. The molecule has 0 radical (unpaired) electrons. The van der Waals surface area contributed by atoms with Gasteiger partial charge in [-0.1, -0.05) is 0 Å². The van der Waals surface area contributed by atoms with Gasteiger partial charge < -0.3 is 0 Å². The standard InChI is InChI=1S/C16H10N2O5/c19-8-9-3-6-13(20)14(16(9)21)11-4-5-12(18(22)23)10-2-1-7-17-15(10)11/h1-2,4-5,7,14H,3,6H2. The molecule has 114 valence electrons. The van der Waals surface area contributed by atoms with Crippen molar-refractivity contribution in [1.29, 1.82) is 0 Å². The van der Waals surface area contributed by atoms with Crippen LogP contribution >= 0.6 is 0 Å². The zero-order valence-electron chi connectivity index (χ0n) is 11.8. The second kappa shape index (κ2) is 5.55. The quantitative estimate of drug-likeness (QED) is 0.276. The van der Waals surface area contributed by atoms with Gasteiger partial charge >= 0.3 is 0 Å². The highest BCUT2D eigenvalue weighted by Gasteiger charge is 2.37. The molecule has 0 bridgehead atoms. The molecule has 1 aromatic heterocycles. The number of hydrogen-bond donors (Lipinski definition) is 0. The van der Waals surface area contributed by atoms with Crippen molar-refractivity contribution in [3.8, 4) is 0 Å². The van der Waals surface area contributed by atoms with Gasteiger partial charge in [0, 0.05) is 18.7 Å². The Kier molecular flexibility index (Phi) is 3.56. The van der Waals surface area contributed by atoms with Gasteiger partial charge in [0.15, 0.2) is 5.78 Å². The molecule has 23 heavy (non-hydrogen) atoms. The number of nitro groups is 1. The normalized spacial score (nSPS) is 18.1. The van der Waals surface area contributed by atoms with Crippen molar-refractivity contribution in [3.63, 3.8) is 0 Å². The Hall–Kier alpha value is -3.18. The van der Waals surface area contributed by atoms with Crippen LogP contribution in [0.1, 0.15) is 24.3 Å². The van der Waals surface area contributed by atoms with Crippen LogP contribution in [0.15, 0.2) is 36.0 Å². The summed E-state index contributed by atoms with van der Waals surface area (Å²) in [5.41, 5.74) is 0.296. The van der Waals surface area contributed by atoms with E-state index in [0.29, 0.717) is 0 Å². The minimum atomic E-state index is -1.15. The first-order valence-electron chi connectivity index (χ1n) is 6.87. The summed E-state index contributed by atoms with van der Waals surface area (Å²) in [7, 11) is 0. The molecule has 1 saturated carbocycles. The van der Waals surface area contributed by atoms with Crippen LogP contribution < -0.4 is 0 Å². The summed E-state index contributed by atoms with van der Waals surface area (Å²) in [6.45, 7) is 0. The van der Waals surface area contributed by atoms with Gasteiger partial charge in [-0.25, -0.2) is 4.79 Å². The monoisotopic (exact) mass is 310 g/mol. The Balaban J connectivity index is 2.26. The van der Waals surface area contributed by atoms with Crippen LogP contribution in [0.2, 0.25) is 0 Å². The third kappa shape index (κ3) is 2.33. The number of ketones is 2. The van der Waals surface area contributed by atoms with Gasteiger partial charge in [0.25, 0.3) is 5.69 Å². The van der Waals surface area contributed by atoms with Gasteiger partial charge in [0.1, 0.15) is 17.6 Å². The molecule has 1 atom stereocenters. The summed E-state index contributed by atoms with van der Waals surface area (Å²) in [5, 5.41) is 11.4. The topological polar surface area (TPSA) is 107 Å². The van der Waals surface area contributed by atoms with Crippen LogP contribution in [0.5, 0.6) is 0 Å². The molecule has 0 amide bonds. The van der Waals surface area contributed by atoms with E-state index in [1.165, 1.54) is 24.4 Å².